The first-order chi connectivity index (χ1) is 22.2. The summed E-state index contributed by atoms with van der Waals surface area (Å²) in [7, 11) is 0. The van der Waals surface area contributed by atoms with E-state index in [2.05, 4.69) is 6.07 Å². The van der Waals surface area contributed by atoms with Crippen molar-refractivity contribution in [3.05, 3.63) is 119 Å². The van der Waals surface area contributed by atoms with Gasteiger partial charge in [-0.3, -0.25) is 9.59 Å². The van der Waals surface area contributed by atoms with Crippen LogP contribution in [-0.2, 0) is 19.1 Å². The van der Waals surface area contributed by atoms with E-state index in [9.17, 15) is 22.8 Å². The number of alkyl halides is 3. The molecule has 1 aliphatic rings. The largest absolute Gasteiger partial charge is 0.416 e. The molecule has 0 aliphatic carbocycles. The Morgan fingerprint density at radius 2 is 1.70 bits per heavy atom. The molecule has 4 heterocycles. The van der Waals surface area contributed by atoms with Crippen molar-refractivity contribution in [3.8, 4) is 11.1 Å². The maximum absolute atomic E-state index is 13.7. The molecule has 5 nitrogen and oxygen atoms in total. The number of carbonyl (C=O) groups excluding carboxylic acids is 2. The molecule has 2 aromatic carbocycles. The van der Waals surface area contributed by atoms with Crippen molar-refractivity contribution >= 4 is 57.4 Å². The number of amides is 2. The lowest BCUT2D eigenvalue weighted by molar-refractivity contribution is -0.137. The maximum Gasteiger partial charge on any atom is 0.416 e. The van der Waals surface area contributed by atoms with Crippen LogP contribution in [0.4, 0.5) is 13.2 Å². The predicted molar refractivity (Wildman–Crippen MR) is 179 cm³/mol. The molecule has 1 fully saturated rings. The Hall–Kier alpha value is -3.51. The average molecular weight is 700 g/mol. The second kappa shape index (κ2) is 14.1. The number of likely N-dealkylation sites (tertiary alicyclic amines) is 1. The van der Waals surface area contributed by atoms with E-state index in [0.717, 1.165) is 28.4 Å². The monoisotopic (exact) mass is 699 g/mol. The molecule has 0 spiro atoms. The number of benzene rings is 2. The van der Waals surface area contributed by atoms with Crippen LogP contribution in [0.3, 0.4) is 0 Å². The van der Waals surface area contributed by atoms with Gasteiger partial charge in [0.25, 0.3) is 11.8 Å². The van der Waals surface area contributed by atoms with Crippen molar-refractivity contribution in [2.75, 3.05) is 19.6 Å². The Bertz CT molecular complexity index is 1790. The van der Waals surface area contributed by atoms with E-state index in [0.29, 0.717) is 66.4 Å². The number of piperidine rings is 1. The Balaban J connectivity index is 1.11. The van der Waals surface area contributed by atoms with Crippen LogP contribution >= 0.6 is 45.6 Å². The van der Waals surface area contributed by atoms with E-state index in [1.54, 1.807) is 40.5 Å². The van der Waals surface area contributed by atoms with Gasteiger partial charge in [0, 0.05) is 46.2 Å². The van der Waals surface area contributed by atoms with Crippen LogP contribution in [0.5, 0.6) is 0 Å². The molecule has 1 aliphatic heterocycles. The van der Waals surface area contributed by atoms with Gasteiger partial charge in [-0.15, -0.1) is 34.0 Å². The molecule has 0 N–H and O–H groups in total. The zero-order valence-electron chi connectivity index (χ0n) is 24.5. The minimum Gasteiger partial charge on any atom is -0.339 e. The highest BCUT2D eigenvalue weighted by molar-refractivity contribution is 7.10. The summed E-state index contributed by atoms with van der Waals surface area (Å²) in [6, 6.07) is 17.8. The summed E-state index contributed by atoms with van der Waals surface area (Å²) in [4.78, 5) is 37.8. The topological polar surface area (TPSA) is 53.5 Å². The molecule has 1 saturated heterocycles. The number of thiophene rings is 2. The second-order valence-corrected chi connectivity index (χ2v) is 14.3. The van der Waals surface area contributed by atoms with Crippen LogP contribution in [0.15, 0.2) is 82.9 Å². The third kappa shape index (κ3) is 7.38. The number of nitrogens with zero attached hydrogens (tertiary/aromatic N) is 3. The minimum atomic E-state index is -4.42. The molecule has 6 rings (SSSR count). The summed E-state index contributed by atoms with van der Waals surface area (Å²) in [5.74, 6) is -0.166. The summed E-state index contributed by atoms with van der Waals surface area (Å²) < 4.78 is 39.2. The summed E-state index contributed by atoms with van der Waals surface area (Å²) in [6.45, 7) is 1.99. The molecule has 0 radical (unpaired) electrons. The Labute approximate surface area is 281 Å². The summed E-state index contributed by atoms with van der Waals surface area (Å²) in [6.07, 6.45) is -2.28. The van der Waals surface area contributed by atoms with Gasteiger partial charge in [-0.1, -0.05) is 48.0 Å². The maximum atomic E-state index is 13.7. The number of thiazole rings is 1. The lowest BCUT2D eigenvalue weighted by atomic mass is 9.94. The van der Waals surface area contributed by atoms with Gasteiger partial charge < -0.3 is 9.80 Å². The van der Waals surface area contributed by atoms with Gasteiger partial charge in [0.1, 0.15) is 5.69 Å². The molecule has 0 unspecified atom stereocenters. The van der Waals surface area contributed by atoms with Crippen molar-refractivity contribution in [2.45, 2.75) is 37.9 Å². The van der Waals surface area contributed by atoms with E-state index in [1.165, 1.54) is 39.7 Å². The van der Waals surface area contributed by atoms with Crippen LogP contribution < -0.4 is 0 Å². The summed E-state index contributed by atoms with van der Waals surface area (Å²) in [5, 5.41) is 7.31. The number of aromatic nitrogens is 1. The van der Waals surface area contributed by atoms with E-state index < -0.39 is 11.7 Å². The van der Waals surface area contributed by atoms with Gasteiger partial charge in [-0.05, 0) is 71.5 Å². The first kappa shape index (κ1) is 32.4. The summed E-state index contributed by atoms with van der Waals surface area (Å²) in [5.41, 5.74) is 1.29. The van der Waals surface area contributed by atoms with Crippen molar-refractivity contribution in [1.82, 2.24) is 14.8 Å². The van der Waals surface area contributed by atoms with Gasteiger partial charge in [0.05, 0.1) is 22.1 Å². The zero-order valence-corrected chi connectivity index (χ0v) is 27.7. The van der Waals surface area contributed by atoms with E-state index in [4.69, 9.17) is 16.6 Å². The molecule has 46 heavy (non-hydrogen) atoms. The van der Waals surface area contributed by atoms with E-state index >= 15 is 0 Å². The number of rotatable bonds is 9. The van der Waals surface area contributed by atoms with Crippen molar-refractivity contribution in [1.29, 1.82) is 0 Å². The molecule has 238 valence electrons. The quantitative estimate of drug-likeness (QED) is 0.154. The Kier molecular flexibility index (Phi) is 9.93. The Morgan fingerprint density at radius 1 is 0.935 bits per heavy atom. The van der Waals surface area contributed by atoms with Gasteiger partial charge >= 0.3 is 6.18 Å². The van der Waals surface area contributed by atoms with Gasteiger partial charge in [0.15, 0.2) is 0 Å². The van der Waals surface area contributed by atoms with Crippen molar-refractivity contribution in [3.63, 3.8) is 0 Å². The Morgan fingerprint density at radius 3 is 2.37 bits per heavy atom. The third-order valence-corrected chi connectivity index (χ3v) is 11.4. The SMILES string of the molecule is O=C(c1csc(C2CCN(C(=O)c3ccccc3-c3ccc(C(F)(F)F)cc3)CC2)n1)N(CCc1cccs1)Cc1sccc1Cl. The van der Waals surface area contributed by atoms with E-state index in [-0.39, 0.29) is 17.7 Å². The zero-order chi connectivity index (χ0) is 32.3. The number of hydrogen-bond acceptors (Lipinski definition) is 6. The fraction of sp³-hybridized carbons (Fsp3) is 0.265. The molecular formula is C34H29ClF3N3O2S3. The second-order valence-electron chi connectivity index (χ2n) is 11.0. The van der Waals surface area contributed by atoms with Crippen LogP contribution in [0, 0.1) is 0 Å². The molecule has 0 atom stereocenters. The number of halogens is 4. The highest BCUT2D eigenvalue weighted by Crippen LogP contribution is 2.35. The third-order valence-electron chi connectivity index (χ3n) is 8.07. The molecule has 12 heteroatoms. The minimum absolute atomic E-state index is 0.118. The number of hydrogen-bond donors (Lipinski definition) is 0. The molecule has 0 bridgehead atoms. The number of carbonyl (C=O) groups is 2. The fourth-order valence-corrected chi connectivity index (χ4v) is 8.33. The van der Waals surface area contributed by atoms with Gasteiger partial charge in [-0.25, -0.2) is 4.98 Å². The van der Waals surface area contributed by atoms with Crippen LogP contribution in [0.2, 0.25) is 5.02 Å². The van der Waals surface area contributed by atoms with Crippen molar-refractivity contribution < 1.29 is 22.8 Å². The average Bonchev–Trinajstić information content (AvgIpc) is 3.85. The van der Waals surface area contributed by atoms with Gasteiger partial charge in [-0.2, -0.15) is 13.2 Å². The molecule has 0 saturated carbocycles. The molecular weight excluding hydrogens is 671 g/mol. The molecule has 5 aromatic rings. The van der Waals surface area contributed by atoms with Gasteiger partial charge in [0.2, 0.25) is 0 Å². The lowest BCUT2D eigenvalue weighted by Gasteiger charge is -2.31. The van der Waals surface area contributed by atoms with Crippen LogP contribution in [-0.4, -0.2) is 46.2 Å². The van der Waals surface area contributed by atoms with Crippen LogP contribution in [0.1, 0.15) is 59.9 Å². The highest BCUT2D eigenvalue weighted by atomic mass is 35.5. The lowest BCUT2D eigenvalue weighted by Crippen LogP contribution is -2.38. The molecule has 3 aromatic heterocycles. The van der Waals surface area contributed by atoms with Crippen molar-refractivity contribution in [2.24, 2.45) is 0 Å². The van der Waals surface area contributed by atoms with E-state index in [1.807, 2.05) is 33.2 Å². The first-order valence-electron chi connectivity index (χ1n) is 14.7. The van der Waals surface area contributed by atoms with Crippen LogP contribution in [0.25, 0.3) is 11.1 Å². The smallest absolute Gasteiger partial charge is 0.339 e. The summed E-state index contributed by atoms with van der Waals surface area (Å²) >= 11 is 11.0. The normalized spacial score (nSPS) is 14.0. The fourth-order valence-electron chi connectivity index (χ4n) is 5.56. The predicted octanol–water partition coefficient (Wildman–Crippen LogP) is 9.51. The highest BCUT2D eigenvalue weighted by Gasteiger charge is 2.31. The molecule has 2 amide bonds. The standard InChI is InChI=1S/C34H29ClF3N3O2S3/c35-28-14-19-45-30(28)20-41(17-13-25-4-3-18-44-25)33(43)29-21-46-31(39-29)23-11-15-40(16-12-23)32(42)27-6-2-1-5-26(27)22-7-9-24(10-8-22)34(36,37)38/h1-10,14,18-19,21,23H,11-13,15-17,20H2. The first-order valence-corrected chi connectivity index (χ1v) is 17.7.